The van der Waals surface area contributed by atoms with E-state index in [0.29, 0.717) is 5.69 Å². The van der Waals surface area contributed by atoms with E-state index < -0.39 is 28.5 Å². The molecule has 0 aromatic heterocycles. The van der Waals surface area contributed by atoms with E-state index in [-0.39, 0.29) is 17.3 Å². The van der Waals surface area contributed by atoms with E-state index in [1.807, 2.05) is 57.2 Å². The number of rotatable bonds is 9. The normalized spacial score (nSPS) is 12.0. The molecule has 0 aliphatic rings. The van der Waals surface area contributed by atoms with Crippen LogP contribution in [0.1, 0.15) is 29.2 Å². The van der Waals surface area contributed by atoms with Crippen LogP contribution in [0, 0.1) is 20.8 Å². The molecule has 1 N–H and O–H groups in total. The summed E-state index contributed by atoms with van der Waals surface area (Å²) < 4.78 is 28.7. The number of aryl methyl sites for hydroxylation is 3. The zero-order valence-electron chi connectivity index (χ0n) is 21.4. The van der Waals surface area contributed by atoms with Gasteiger partial charge < -0.3 is 10.2 Å². The van der Waals surface area contributed by atoms with Gasteiger partial charge in [0.15, 0.2) is 0 Å². The fourth-order valence-electron chi connectivity index (χ4n) is 3.90. The largest absolute Gasteiger partial charge is 0.357 e. The highest BCUT2D eigenvalue weighted by Crippen LogP contribution is 2.28. The van der Waals surface area contributed by atoms with Crippen LogP contribution >= 0.6 is 0 Å². The van der Waals surface area contributed by atoms with Gasteiger partial charge in [-0.15, -0.1) is 0 Å². The van der Waals surface area contributed by atoms with Crippen molar-refractivity contribution in [1.29, 1.82) is 0 Å². The van der Waals surface area contributed by atoms with Crippen LogP contribution in [0.25, 0.3) is 0 Å². The predicted octanol–water partition coefficient (Wildman–Crippen LogP) is 3.97. The third-order valence-corrected chi connectivity index (χ3v) is 7.90. The second-order valence-corrected chi connectivity index (χ2v) is 10.8. The SMILES string of the molecule is CNC(=O)[C@@H](C)N(Cc1ccc(C)cc1)C(=O)CN(c1cc(C)ccc1C)S(=O)(=O)c1ccccc1. The summed E-state index contributed by atoms with van der Waals surface area (Å²) in [6.07, 6.45) is 0. The van der Waals surface area contributed by atoms with Crippen LogP contribution in [0.15, 0.2) is 77.7 Å². The summed E-state index contributed by atoms with van der Waals surface area (Å²) in [7, 11) is -2.56. The fourth-order valence-corrected chi connectivity index (χ4v) is 5.39. The topological polar surface area (TPSA) is 86.8 Å². The van der Waals surface area contributed by atoms with E-state index in [9.17, 15) is 18.0 Å². The van der Waals surface area contributed by atoms with E-state index in [0.717, 1.165) is 26.6 Å². The maximum atomic E-state index is 13.8. The van der Waals surface area contributed by atoms with Crippen molar-refractivity contribution in [1.82, 2.24) is 10.2 Å². The highest BCUT2D eigenvalue weighted by Gasteiger charge is 2.32. The van der Waals surface area contributed by atoms with E-state index >= 15 is 0 Å². The standard InChI is InChI=1S/C28H33N3O4S/c1-20-12-15-24(16-13-20)18-30(23(4)28(33)29-5)27(32)19-31(26-17-21(2)11-14-22(26)3)36(34,35)25-9-7-6-8-10-25/h6-17,23H,18-19H2,1-5H3,(H,29,33)/t23-/m1/s1. The first-order valence-corrected chi connectivity index (χ1v) is 13.2. The maximum Gasteiger partial charge on any atom is 0.264 e. The molecule has 3 rings (SSSR count). The van der Waals surface area contributed by atoms with Gasteiger partial charge in [0.05, 0.1) is 10.6 Å². The molecule has 1 atom stereocenters. The molecule has 190 valence electrons. The first-order valence-electron chi connectivity index (χ1n) is 11.8. The van der Waals surface area contributed by atoms with E-state index in [4.69, 9.17) is 0 Å². The Morgan fingerprint density at radius 2 is 1.50 bits per heavy atom. The Balaban J connectivity index is 2.06. The molecule has 7 nitrogen and oxygen atoms in total. The lowest BCUT2D eigenvalue weighted by molar-refractivity contribution is -0.139. The highest BCUT2D eigenvalue weighted by molar-refractivity contribution is 7.92. The smallest absolute Gasteiger partial charge is 0.264 e. The van der Waals surface area contributed by atoms with Crippen molar-refractivity contribution in [2.75, 3.05) is 17.9 Å². The van der Waals surface area contributed by atoms with Crippen LogP contribution in [0.4, 0.5) is 5.69 Å². The minimum absolute atomic E-state index is 0.0862. The van der Waals surface area contributed by atoms with Crippen molar-refractivity contribution >= 4 is 27.5 Å². The van der Waals surface area contributed by atoms with Crippen molar-refractivity contribution in [2.24, 2.45) is 0 Å². The number of hydrogen-bond donors (Lipinski definition) is 1. The van der Waals surface area contributed by atoms with Gasteiger partial charge in [-0.2, -0.15) is 0 Å². The minimum atomic E-state index is -4.07. The molecule has 0 spiro atoms. The molecule has 0 heterocycles. The summed E-state index contributed by atoms with van der Waals surface area (Å²) in [6, 6.07) is 20.4. The zero-order chi connectivity index (χ0) is 26.5. The number of anilines is 1. The van der Waals surface area contributed by atoms with Crippen molar-refractivity contribution in [3.8, 4) is 0 Å². The number of nitrogens with zero attached hydrogens (tertiary/aromatic N) is 2. The Labute approximate surface area is 213 Å². The van der Waals surface area contributed by atoms with Crippen molar-refractivity contribution in [2.45, 2.75) is 45.2 Å². The summed E-state index contributed by atoms with van der Waals surface area (Å²) in [6.45, 7) is 7.00. The molecule has 0 unspecified atom stereocenters. The maximum absolute atomic E-state index is 13.8. The summed E-state index contributed by atoms with van der Waals surface area (Å²) in [5, 5.41) is 2.59. The molecular weight excluding hydrogens is 474 g/mol. The lowest BCUT2D eigenvalue weighted by atomic mass is 10.1. The fraction of sp³-hybridized carbons (Fsp3) is 0.286. The molecule has 0 radical (unpaired) electrons. The van der Waals surface area contributed by atoms with Gasteiger partial charge in [0, 0.05) is 13.6 Å². The van der Waals surface area contributed by atoms with E-state index in [1.165, 1.54) is 24.1 Å². The second kappa shape index (κ2) is 11.4. The van der Waals surface area contributed by atoms with Gasteiger partial charge >= 0.3 is 0 Å². The number of sulfonamides is 1. The quantitative estimate of drug-likeness (QED) is 0.475. The van der Waals surface area contributed by atoms with Crippen molar-refractivity contribution in [3.05, 3.63) is 95.1 Å². The molecule has 0 aliphatic heterocycles. The second-order valence-electron chi connectivity index (χ2n) is 8.91. The number of carbonyl (C=O) groups is 2. The number of benzene rings is 3. The van der Waals surface area contributed by atoms with Crippen molar-refractivity contribution < 1.29 is 18.0 Å². The number of nitrogens with one attached hydrogen (secondary N) is 1. The third-order valence-electron chi connectivity index (χ3n) is 6.13. The lowest BCUT2D eigenvalue weighted by Crippen LogP contribution is -2.50. The van der Waals surface area contributed by atoms with Gasteiger partial charge in [-0.25, -0.2) is 8.42 Å². The molecule has 8 heteroatoms. The summed E-state index contributed by atoms with van der Waals surface area (Å²) >= 11 is 0. The molecular formula is C28H33N3O4S. The van der Waals surface area contributed by atoms with Crippen LogP contribution in [-0.2, 0) is 26.2 Å². The predicted molar refractivity (Wildman–Crippen MR) is 142 cm³/mol. The minimum Gasteiger partial charge on any atom is -0.357 e. The van der Waals surface area contributed by atoms with Crippen LogP contribution < -0.4 is 9.62 Å². The number of carbonyl (C=O) groups excluding carboxylic acids is 2. The zero-order valence-corrected chi connectivity index (χ0v) is 22.2. The first kappa shape index (κ1) is 26.9. The number of amides is 2. The Bertz CT molecular complexity index is 1320. The van der Waals surface area contributed by atoms with E-state index in [2.05, 4.69) is 5.32 Å². The monoisotopic (exact) mass is 507 g/mol. The number of likely N-dealkylation sites (N-methyl/N-ethyl adjacent to an activating group) is 1. The Morgan fingerprint density at radius 1 is 0.889 bits per heavy atom. The van der Waals surface area contributed by atoms with Gasteiger partial charge in [-0.1, -0.05) is 60.2 Å². The van der Waals surface area contributed by atoms with Gasteiger partial charge in [0.2, 0.25) is 11.8 Å². The lowest BCUT2D eigenvalue weighted by Gasteiger charge is -2.32. The molecule has 0 fully saturated rings. The summed E-state index contributed by atoms with van der Waals surface area (Å²) in [5.41, 5.74) is 3.93. The molecule has 36 heavy (non-hydrogen) atoms. The van der Waals surface area contributed by atoms with Crippen LogP contribution in [-0.4, -0.2) is 44.8 Å². The number of hydrogen-bond acceptors (Lipinski definition) is 4. The molecule has 3 aromatic carbocycles. The highest BCUT2D eigenvalue weighted by atomic mass is 32.2. The first-order chi connectivity index (χ1) is 17.0. The molecule has 0 saturated heterocycles. The third kappa shape index (κ3) is 6.12. The Kier molecular flexibility index (Phi) is 8.53. The van der Waals surface area contributed by atoms with Gasteiger partial charge in [-0.05, 0) is 62.6 Å². The van der Waals surface area contributed by atoms with Crippen LogP contribution in [0.2, 0.25) is 0 Å². The summed E-state index contributed by atoms with van der Waals surface area (Å²) in [4.78, 5) is 27.8. The summed E-state index contributed by atoms with van der Waals surface area (Å²) in [5.74, 6) is -0.813. The van der Waals surface area contributed by atoms with Crippen LogP contribution in [0.3, 0.4) is 0 Å². The average Bonchev–Trinajstić information content (AvgIpc) is 2.87. The molecule has 0 bridgehead atoms. The van der Waals surface area contributed by atoms with Gasteiger partial charge in [0.25, 0.3) is 10.0 Å². The molecule has 2 amide bonds. The Hall–Kier alpha value is -3.65. The van der Waals surface area contributed by atoms with Gasteiger partial charge in [0.1, 0.15) is 12.6 Å². The van der Waals surface area contributed by atoms with Crippen molar-refractivity contribution in [3.63, 3.8) is 0 Å². The average molecular weight is 508 g/mol. The van der Waals surface area contributed by atoms with E-state index in [1.54, 1.807) is 31.2 Å². The van der Waals surface area contributed by atoms with Gasteiger partial charge in [-0.3, -0.25) is 13.9 Å². The molecule has 3 aromatic rings. The molecule has 0 saturated carbocycles. The molecule has 0 aliphatic carbocycles. The van der Waals surface area contributed by atoms with Crippen LogP contribution in [0.5, 0.6) is 0 Å². The Morgan fingerprint density at radius 3 is 2.11 bits per heavy atom.